The molecule has 1 aliphatic heterocycles. The van der Waals surface area contributed by atoms with E-state index in [1.165, 1.54) is 11.8 Å². The normalized spacial score (nSPS) is 13.3. The molecule has 0 saturated carbocycles. The van der Waals surface area contributed by atoms with Gasteiger partial charge in [0, 0.05) is 16.5 Å². The molecule has 25 heavy (non-hydrogen) atoms. The molecule has 0 N–H and O–H groups in total. The van der Waals surface area contributed by atoms with E-state index in [4.69, 9.17) is 21.1 Å². The molecule has 1 heterocycles. The highest BCUT2D eigenvalue weighted by Crippen LogP contribution is 2.40. The lowest BCUT2D eigenvalue weighted by Crippen LogP contribution is -2.37. The first-order valence-electron chi connectivity index (χ1n) is 8.06. The molecule has 6 heteroatoms. The number of hydrogen-bond donors (Lipinski definition) is 0. The predicted molar refractivity (Wildman–Crippen MR) is 102 cm³/mol. The van der Waals surface area contributed by atoms with Gasteiger partial charge in [0.05, 0.1) is 25.7 Å². The number of carbonyl (C=O) groups excluding carboxylic acids is 1. The monoisotopic (exact) mass is 377 g/mol. The van der Waals surface area contributed by atoms with Crippen molar-refractivity contribution in [2.75, 3.05) is 31.4 Å². The zero-order chi connectivity index (χ0) is 17.8. The number of nitrogens with zero attached hydrogens (tertiary/aromatic N) is 1. The van der Waals surface area contributed by atoms with Gasteiger partial charge in [-0.25, -0.2) is 0 Å². The number of carbonyl (C=O) groups is 1. The van der Waals surface area contributed by atoms with Crippen LogP contribution in [0.15, 0.2) is 41.3 Å². The first kappa shape index (κ1) is 18.0. The van der Waals surface area contributed by atoms with Crippen LogP contribution in [0.5, 0.6) is 11.5 Å². The molecule has 0 spiro atoms. The molecule has 3 rings (SSSR count). The summed E-state index contributed by atoms with van der Waals surface area (Å²) in [5.74, 6) is 1.88. The van der Waals surface area contributed by atoms with Crippen molar-refractivity contribution in [2.24, 2.45) is 0 Å². The third-order valence-corrected chi connectivity index (χ3v) is 5.52. The van der Waals surface area contributed by atoms with Crippen LogP contribution in [0.25, 0.3) is 0 Å². The van der Waals surface area contributed by atoms with Crippen LogP contribution in [-0.4, -0.2) is 32.4 Å². The fraction of sp³-hybridized carbons (Fsp3) is 0.316. The molecule has 0 atom stereocenters. The van der Waals surface area contributed by atoms with Gasteiger partial charge in [-0.1, -0.05) is 17.7 Å². The molecule has 0 saturated heterocycles. The maximum atomic E-state index is 12.8. The molecule has 0 bridgehead atoms. The Morgan fingerprint density at radius 1 is 1.24 bits per heavy atom. The zero-order valence-electron chi connectivity index (χ0n) is 14.3. The predicted octanol–water partition coefficient (Wildman–Crippen LogP) is 4.43. The van der Waals surface area contributed by atoms with Crippen LogP contribution < -0.4 is 14.4 Å². The minimum atomic E-state index is 0.0503. The summed E-state index contributed by atoms with van der Waals surface area (Å²) in [6, 6.07) is 11.4. The Hall–Kier alpha value is -1.85. The van der Waals surface area contributed by atoms with Crippen LogP contribution in [0.1, 0.15) is 12.0 Å². The molecule has 0 fully saturated rings. The van der Waals surface area contributed by atoms with Crippen molar-refractivity contribution in [3.05, 3.63) is 47.0 Å². The lowest BCUT2D eigenvalue weighted by Gasteiger charge is -2.31. The Morgan fingerprint density at radius 3 is 2.84 bits per heavy atom. The minimum Gasteiger partial charge on any atom is -0.497 e. The average molecular weight is 378 g/mol. The van der Waals surface area contributed by atoms with Crippen LogP contribution in [-0.2, 0) is 11.2 Å². The number of benzene rings is 2. The van der Waals surface area contributed by atoms with E-state index in [9.17, 15) is 4.79 Å². The Bertz CT molecular complexity index is 781. The van der Waals surface area contributed by atoms with Crippen molar-refractivity contribution in [1.29, 1.82) is 0 Å². The van der Waals surface area contributed by atoms with Gasteiger partial charge in [-0.2, -0.15) is 0 Å². The van der Waals surface area contributed by atoms with E-state index in [0.29, 0.717) is 23.1 Å². The molecule has 0 aromatic heterocycles. The number of halogens is 1. The second kappa shape index (κ2) is 8.02. The maximum Gasteiger partial charge on any atom is 0.237 e. The van der Waals surface area contributed by atoms with Gasteiger partial charge < -0.3 is 14.4 Å². The van der Waals surface area contributed by atoms with E-state index in [0.717, 1.165) is 34.7 Å². The van der Waals surface area contributed by atoms with E-state index < -0.39 is 0 Å². The third kappa shape index (κ3) is 3.88. The number of amides is 1. The van der Waals surface area contributed by atoms with Crippen molar-refractivity contribution >= 4 is 35.0 Å². The van der Waals surface area contributed by atoms with Gasteiger partial charge in [-0.15, -0.1) is 11.8 Å². The summed E-state index contributed by atoms with van der Waals surface area (Å²) in [7, 11) is 3.25. The number of methoxy groups -OCH3 is 2. The molecule has 132 valence electrons. The molecular formula is C19H20ClNO3S. The molecule has 0 aliphatic carbocycles. The fourth-order valence-corrected chi connectivity index (χ4v) is 4.05. The minimum absolute atomic E-state index is 0.0503. The Kier molecular flexibility index (Phi) is 5.76. The molecule has 1 aliphatic rings. The summed E-state index contributed by atoms with van der Waals surface area (Å²) in [6.07, 6.45) is 1.76. The highest BCUT2D eigenvalue weighted by Gasteiger charge is 2.27. The largest absolute Gasteiger partial charge is 0.497 e. The average Bonchev–Trinajstić information content (AvgIpc) is 2.66. The van der Waals surface area contributed by atoms with Gasteiger partial charge in [-0.3, -0.25) is 4.79 Å². The Labute approximate surface area is 157 Å². The fourth-order valence-electron chi connectivity index (χ4n) is 2.98. The number of ether oxygens (including phenoxy) is 2. The van der Waals surface area contributed by atoms with Gasteiger partial charge >= 0.3 is 0 Å². The number of anilines is 1. The smallest absolute Gasteiger partial charge is 0.237 e. The van der Waals surface area contributed by atoms with Gasteiger partial charge in [0.15, 0.2) is 0 Å². The summed E-state index contributed by atoms with van der Waals surface area (Å²) in [5.41, 5.74) is 1.81. The van der Waals surface area contributed by atoms with E-state index in [2.05, 4.69) is 0 Å². The summed E-state index contributed by atoms with van der Waals surface area (Å²) >= 11 is 7.83. The molecule has 0 unspecified atom stereocenters. The molecule has 2 aromatic rings. The SMILES string of the molecule is COc1cccc(SCC(=O)N2CCCc3c(Cl)ccc(OC)c32)c1. The zero-order valence-corrected chi connectivity index (χ0v) is 15.8. The molecular weight excluding hydrogens is 358 g/mol. The van der Waals surface area contributed by atoms with Crippen molar-refractivity contribution in [2.45, 2.75) is 17.7 Å². The number of rotatable bonds is 5. The molecule has 0 radical (unpaired) electrons. The van der Waals surface area contributed by atoms with E-state index in [1.54, 1.807) is 19.1 Å². The van der Waals surface area contributed by atoms with Gasteiger partial charge in [0.1, 0.15) is 11.5 Å². The number of thioether (sulfide) groups is 1. The van der Waals surface area contributed by atoms with Crippen LogP contribution in [0.4, 0.5) is 5.69 Å². The summed E-state index contributed by atoms with van der Waals surface area (Å²) in [5, 5.41) is 0.689. The van der Waals surface area contributed by atoms with E-state index in [1.807, 2.05) is 36.4 Å². The van der Waals surface area contributed by atoms with Crippen LogP contribution >= 0.6 is 23.4 Å². The Morgan fingerprint density at radius 2 is 2.08 bits per heavy atom. The number of fused-ring (bicyclic) bond motifs is 1. The maximum absolute atomic E-state index is 12.8. The van der Waals surface area contributed by atoms with Crippen molar-refractivity contribution in [1.82, 2.24) is 0 Å². The standard InChI is InChI=1S/C19H20ClNO3S/c1-23-13-5-3-6-14(11-13)25-12-18(22)21-10-4-7-15-16(20)8-9-17(24-2)19(15)21/h3,5-6,8-9,11H,4,7,10,12H2,1-2H3. The molecule has 2 aromatic carbocycles. The third-order valence-electron chi connectivity index (χ3n) is 4.19. The number of hydrogen-bond acceptors (Lipinski definition) is 4. The molecule has 1 amide bonds. The topological polar surface area (TPSA) is 38.8 Å². The first-order valence-corrected chi connectivity index (χ1v) is 9.43. The quantitative estimate of drug-likeness (QED) is 0.722. The second-order valence-electron chi connectivity index (χ2n) is 5.69. The Balaban J connectivity index is 1.79. The molecule has 4 nitrogen and oxygen atoms in total. The summed E-state index contributed by atoms with van der Waals surface area (Å²) < 4.78 is 10.7. The van der Waals surface area contributed by atoms with Gasteiger partial charge in [-0.05, 0) is 48.7 Å². The highest BCUT2D eigenvalue weighted by molar-refractivity contribution is 8.00. The first-order chi connectivity index (χ1) is 12.1. The van der Waals surface area contributed by atoms with Crippen LogP contribution in [0.2, 0.25) is 5.02 Å². The van der Waals surface area contributed by atoms with Crippen molar-refractivity contribution < 1.29 is 14.3 Å². The lowest BCUT2D eigenvalue weighted by atomic mass is 10.0. The summed E-state index contributed by atoms with van der Waals surface area (Å²) in [6.45, 7) is 0.682. The lowest BCUT2D eigenvalue weighted by molar-refractivity contribution is -0.116. The van der Waals surface area contributed by atoms with E-state index in [-0.39, 0.29) is 5.91 Å². The van der Waals surface area contributed by atoms with Gasteiger partial charge in [0.2, 0.25) is 5.91 Å². The van der Waals surface area contributed by atoms with Crippen molar-refractivity contribution in [3.63, 3.8) is 0 Å². The van der Waals surface area contributed by atoms with Crippen LogP contribution in [0.3, 0.4) is 0 Å². The highest BCUT2D eigenvalue weighted by atomic mass is 35.5. The van der Waals surface area contributed by atoms with Crippen molar-refractivity contribution in [3.8, 4) is 11.5 Å². The second-order valence-corrected chi connectivity index (χ2v) is 7.15. The van der Waals surface area contributed by atoms with E-state index >= 15 is 0 Å². The van der Waals surface area contributed by atoms with Gasteiger partial charge in [0.25, 0.3) is 0 Å². The van der Waals surface area contributed by atoms with Crippen LogP contribution in [0, 0.1) is 0 Å². The summed E-state index contributed by atoms with van der Waals surface area (Å²) in [4.78, 5) is 15.6.